The molecule has 0 aromatic heterocycles. The van der Waals surface area contributed by atoms with Gasteiger partial charge in [0.1, 0.15) is 0 Å². The molecule has 0 bridgehead atoms. The van der Waals surface area contributed by atoms with Gasteiger partial charge in [0.25, 0.3) is 0 Å². The van der Waals surface area contributed by atoms with E-state index in [-0.39, 0.29) is 21.8 Å². The molecule has 6 nitrogen and oxygen atoms in total. The Morgan fingerprint density at radius 2 is 1.46 bits per heavy atom. The highest BCUT2D eigenvalue weighted by Crippen LogP contribution is 2.75. The van der Waals surface area contributed by atoms with Crippen molar-refractivity contribution in [3.63, 3.8) is 0 Å². The number of ether oxygens (including phenoxy) is 2. The summed E-state index contributed by atoms with van der Waals surface area (Å²) >= 11 is 0. The summed E-state index contributed by atoms with van der Waals surface area (Å²) in [5, 5.41) is 0. The number of fused-ring (bicyclic) bond motifs is 6. The fourth-order valence-corrected chi connectivity index (χ4v) is 15.6. The van der Waals surface area contributed by atoms with E-state index in [9.17, 15) is 0 Å². The second-order valence-corrected chi connectivity index (χ2v) is 17.5. The molecule has 0 radical (unpaired) electrons. The third-order valence-corrected chi connectivity index (χ3v) is 17.1. The molecule has 8 aliphatic heterocycles. The zero-order chi connectivity index (χ0) is 30.6. The van der Waals surface area contributed by atoms with Crippen molar-refractivity contribution in [3.8, 4) is 0 Å². The largest absolute Gasteiger partial charge is 0.370 e. The van der Waals surface area contributed by atoms with Gasteiger partial charge in [-0.05, 0) is 93.3 Å². The molecule has 2 saturated carbocycles. The van der Waals surface area contributed by atoms with Crippen LogP contribution in [0.3, 0.4) is 0 Å². The zero-order valence-electron chi connectivity index (χ0n) is 28.2. The smallest absolute Gasteiger partial charge is 0.0974 e. The van der Waals surface area contributed by atoms with Gasteiger partial charge in [-0.15, -0.1) is 0 Å². The van der Waals surface area contributed by atoms with Crippen LogP contribution < -0.4 is 9.80 Å². The lowest BCUT2D eigenvalue weighted by Gasteiger charge is -2.63. The van der Waals surface area contributed by atoms with Crippen LogP contribution >= 0.6 is 0 Å². The van der Waals surface area contributed by atoms with E-state index in [1.54, 1.807) is 16.7 Å². The average Bonchev–Trinajstić information content (AvgIpc) is 3.94. The molecule has 242 valence electrons. The molecule has 0 N–H and O–H groups in total. The highest BCUT2D eigenvalue weighted by Gasteiger charge is 2.79. The third-order valence-electron chi connectivity index (χ3n) is 17.1. The molecule has 0 amide bonds. The summed E-state index contributed by atoms with van der Waals surface area (Å²) in [6.45, 7) is 9.65. The number of rotatable bonds is 3. The Morgan fingerprint density at radius 3 is 2.24 bits per heavy atom. The van der Waals surface area contributed by atoms with Gasteiger partial charge in [-0.25, -0.2) is 0 Å². The molecule has 10 aliphatic rings. The number of para-hydroxylation sites is 1. The number of hydrogen-bond acceptors (Lipinski definition) is 6. The summed E-state index contributed by atoms with van der Waals surface area (Å²) in [7, 11) is 4.88. The molecule has 8 fully saturated rings. The number of anilines is 2. The summed E-state index contributed by atoms with van der Waals surface area (Å²) in [4.78, 5) is 11.4. The van der Waals surface area contributed by atoms with Crippen LogP contribution in [0.25, 0.3) is 0 Å². The maximum Gasteiger partial charge on any atom is 0.0974 e. The Morgan fingerprint density at radius 1 is 0.739 bits per heavy atom. The van der Waals surface area contributed by atoms with Crippen LogP contribution in [0.4, 0.5) is 11.4 Å². The van der Waals surface area contributed by atoms with Crippen molar-refractivity contribution < 1.29 is 9.47 Å². The van der Waals surface area contributed by atoms with E-state index < -0.39 is 0 Å². The standard InChI is InChI=1S/C40H50N4O2/c1-5-36-14-13-31-38(17-19-43(34(36)38)22-29-32(36)45-29)26-21-24(11-12-27(26)41(31)3)40-16-15-37(6-2)33-30(46-33)23-44-20-18-39(40,35(37)44)25-9-7-8-10-28(25)42(40)4/h7-12,21,29-35H,5-6,13-20,22-23H2,1-4H3/t29-,30-,31+,32-,33-,34+,35+,36-,37-,38+,39-,40-/m1/s1. The number of likely N-dealkylation sites (N-methyl/N-ethyl adjacent to an activating group) is 2. The first-order valence-corrected chi connectivity index (χ1v) is 18.9. The molecule has 8 heterocycles. The van der Waals surface area contributed by atoms with E-state index in [4.69, 9.17) is 9.47 Å². The van der Waals surface area contributed by atoms with E-state index in [2.05, 4.69) is 90.0 Å². The SMILES string of the molecule is CC[C@@]12CC[C@@H]3N(C)c4ccc([C@]56CC[C@]7(CC)[C@@H]8O[C@@H]8CN8CC[C@@]5(c5ccccc5N6C)[C@@H]87)cc4[C@@]34CCN(C[C@H]3O[C@H]31)[C@@H]24. The summed E-state index contributed by atoms with van der Waals surface area (Å²) in [5.41, 5.74) is 8.66. The molecule has 12 atom stereocenters. The lowest BCUT2D eigenvalue weighted by molar-refractivity contribution is -0.0534. The minimum Gasteiger partial charge on any atom is -0.370 e. The van der Waals surface area contributed by atoms with E-state index in [0.29, 0.717) is 48.0 Å². The van der Waals surface area contributed by atoms with Gasteiger partial charge >= 0.3 is 0 Å². The molecular weight excluding hydrogens is 568 g/mol. The summed E-state index contributed by atoms with van der Waals surface area (Å²) in [6.07, 6.45) is 12.0. The summed E-state index contributed by atoms with van der Waals surface area (Å²) in [5.74, 6) is 0. The Balaban J connectivity index is 1.09. The maximum absolute atomic E-state index is 6.56. The van der Waals surface area contributed by atoms with Crippen molar-refractivity contribution in [1.29, 1.82) is 0 Å². The van der Waals surface area contributed by atoms with Crippen molar-refractivity contribution in [3.05, 3.63) is 59.2 Å². The van der Waals surface area contributed by atoms with Crippen molar-refractivity contribution in [2.75, 3.05) is 50.1 Å². The quantitative estimate of drug-likeness (QED) is 0.428. The zero-order valence-corrected chi connectivity index (χ0v) is 28.2. The van der Waals surface area contributed by atoms with Crippen LogP contribution in [0.2, 0.25) is 0 Å². The van der Waals surface area contributed by atoms with Gasteiger partial charge in [-0.1, -0.05) is 44.2 Å². The molecule has 12 rings (SSSR count). The second-order valence-electron chi connectivity index (χ2n) is 17.5. The van der Waals surface area contributed by atoms with Gasteiger partial charge in [0.15, 0.2) is 0 Å². The molecular formula is C40H50N4O2. The van der Waals surface area contributed by atoms with E-state index in [0.717, 1.165) is 13.1 Å². The molecule has 0 unspecified atom stereocenters. The molecule has 6 saturated heterocycles. The van der Waals surface area contributed by atoms with Gasteiger partial charge in [0.05, 0.1) is 30.0 Å². The Kier molecular flexibility index (Phi) is 4.67. The monoisotopic (exact) mass is 618 g/mol. The number of hydrogen-bond donors (Lipinski definition) is 0. The minimum absolute atomic E-state index is 0.0507. The third kappa shape index (κ3) is 2.48. The van der Waals surface area contributed by atoms with Crippen LogP contribution in [0.5, 0.6) is 0 Å². The molecule has 2 aromatic carbocycles. The van der Waals surface area contributed by atoms with Crippen LogP contribution in [-0.2, 0) is 25.8 Å². The number of epoxide rings is 2. The molecule has 2 aliphatic carbocycles. The lowest BCUT2D eigenvalue weighted by Crippen LogP contribution is -2.70. The normalized spacial score (nSPS) is 51.4. The van der Waals surface area contributed by atoms with Gasteiger partial charge in [0, 0.05) is 78.3 Å². The average molecular weight is 619 g/mol. The molecule has 46 heavy (non-hydrogen) atoms. The first-order valence-electron chi connectivity index (χ1n) is 18.9. The Bertz CT molecular complexity index is 1710. The number of benzene rings is 2. The Hall–Kier alpha value is -2.12. The van der Waals surface area contributed by atoms with Crippen molar-refractivity contribution in [2.24, 2.45) is 10.8 Å². The first-order chi connectivity index (χ1) is 22.4. The highest BCUT2D eigenvalue weighted by atomic mass is 16.6. The van der Waals surface area contributed by atoms with E-state index in [1.807, 2.05) is 0 Å². The van der Waals surface area contributed by atoms with Crippen LogP contribution in [0.1, 0.15) is 81.9 Å². The molecule has 2 spiro atoms. The molecule has 6 heteroatoms. The number of nitrogens with zero attached hydrogens (tertiary/aromatic N) is 4. The fourth-order valence-electron chi connectivity index (χ4n) is 15.6. The maximum atomic E-state index is 6.56. The lowest BCUT2D eigenvalue weighted by atomic mass is 9.46. The summed E-state index contributed by atoms with van der Waals surface area (Å²) in [6, 6.07) is 19.3. The number of piperidine rings is 2. The minimum atomic E-state index is -0.0507. The van der Waals surface area contributed by atoms with Crippen LogP contribution in [0, 0.1) is 10.8 Å². The summed E-state index contributed by atoms with van der Waals surface area (Å²) < 4.78 is 13.1. The van der Waals surface area contributed by atoms with E-state index >= 15 is 0 Å². The van der Waals surface area contributed by atoms with Crippen LogP contribution in [-0.4, -0.2) is 92.6 Å². The topological polar surface area (TPSA) is 38.0 Å². The van der Waals surface area contributed by atoms with Gasteiger partial charge in [0.2, 0.25) is 0 Å². The Labute approximate surface area is 274 Å². The van der Waals surface area contributed by atoms with Gasteiger partial charge < -0.3 is 19.3 Å². The van der Waals surface area contributed by atoms with E-state index in [1.165, 1.54) is 75.8 Å². The predicted molar refractivity (Wildman–Crippen MR) is 180 cm³/mol. The highest BCUT2D eigenvalue weighted by molar-refractivity contribution is 5.74. The van der Waals surface area contributed by atoms with Crippen molar-refractivity contribution >= 4 is 11.4 Å². The predicted octanol–water partition coefficient (Wildman–Crippen LogP) is 5.42. The first kappa shape index (κ1) is 26.8. The molecule has 2 aromatic rings. The van der Waals surface area contributed by atoms with Gasteiger partial charge in [-0.3, -0.25) is 9.80 Å². The van der Waals surface area contributed by atoms with Crippen LogP contribution in [0.15, 0.2) is 42.5 Å². The van der Waals surface area contributed by atoms with Crippen molar-refractivity contribution in [1.82, 2.24) is 9.80 Å². The van der Waals surface area contributed by atoms with Gasteiger partial charge in [-0.2, -0.15) is 0 Å². The second kappa shape index (κ2) is 8.01. The van der Waals surface area contributed by atoms with Crippen molar-refractivity contribution in [2.45, 2.75) is 124 Å². The fraction of sp³-hybridized carbons (Fsp3) is 0.700.